The number of ether oxygens (including phenoxy) is 1. The molecular weight excluding hydrogens is 336 g/mol. The van der Waals surface area contributed by atoms with Crippen molar-refractivity contribution in [3.05, 3.63) is 60.2 Å². The molecule has 4 nitrogen and oxygen atoms in total. The minimum Gasteiger partial charge on any atom is -0.508 e. The number of rotatable bonds is 4. The summed E-state index contributed by atoms with van der Waals surface area (Å²) in [5.74, 6) is 0.330. The maximum atomic E-state index is 9.83. The Labute approximate surface area is 162 Å². The van der Waals surface area contributed by atoms with E-state index < -0.39 is 0 Å². The number of nitrogens with zero attached hydrogens (tertiary/aromatic N) is 2. The minimum atomic E-state index is -0.0631. The van der Waals surface area contributed by atoms with Gasteiger partial charge in [-0.05, 0) is 43.9 Å². The van der Waals surface area contributed by atoms with Crippen molar-refractivity contribution < 1.29 is 9.84 Å². The van der Waals surface area contributed by atoms with Crippen LogP contribution in [0, 0.1) is 0 Å². The highest BCUT2D eigenvalue weighted by Gasteiger charge is 2.41. The van der Waals surface area contributed by atoms with Crippen LogP contribution in [0.25, 0.3) is 0 Å². The van der Waals surface area contributed by atoms with Crippen LogP contribution >= 0.6 is 0 Å². The summed E-state index contributed by atoms with van der Waals surface area (Å²) in [6.45, 7) is 7.25. The highest BCUT2D eigenvalue weighted by Crippen LogP contribution is 2.35. The predicted molar refractivity (Wildman–Crippen MR) is 109 cm³/mol. The SMILES string of the molecule is CC1CN(c2cccc(O)c2)CC2(CCN(CCc3ccccc3)CC2)O1. The second-order valence-electron chi connectivity index (χ2n) is 8.09. The van der Waals surface area contributed by atoms with Gasteiger partial charge in [-0.1, -0.05) is 36.4 Å². The van der Waals surface area contributed by atoms with Crippen LogP contribution in [0.5, 0.6) is 5.75 Å². The van der Waals surface area contributed by atoms with Crippen LogP contribution in [0.2, 0.25) is 0 Å². The maximum absolute atomic E-state index is 9.83. The van der Waals surface area contributed by atoms with Gasteiger partial charge in [0.1, 0.15) is 5.75 Å². The molecule has 1 unspecified atom stereocenters. The third-order valence-corrected chi connectivity index (χ3v) is 5.93. The van der Waals surface area contributed by atoms with Crippen LogP contribution in [0.3, 0.4) is 0 Å². The lowest BCUT2D eigenvalue weighted by molar-refractivity contribution is -0.126. The first kappa shape index (κ1) is 18.3. The van der Waals surface area contributed by atoms with Gasteiger partial charge in [0.25, 0.3) is 0 Å². The Morgan fingerprint density at radius 1 is 1.07 bits per heavy atom. The van der Waals surface area contributed by atoms with Crippen LogP contribution < -0.4 is 4.90 Å². The van der Waals surface area contributed by atoms with E-state index in [0.717, 1.165) is 57.7 Å². The molecule has 0 aromatic heterocycles. The predicted octanol–water partition coefficient (Wildman–Crippen LogP) is 3.69. The van der Waals surface area contributed by atoms with Gasteiger partial charge in [-0.15, -0.1) is 0 Å². The molecule has 27 heavy (non-hydrogen) atoms. The molecule has 2 heterocycles. The Balaban J connectivity index is 1.36. The Bertz CT molecular complexity index is 741. The van der Waals surface area contributed by atoms with Crippen LogP contribution in [0.15, 0.2) is 54.6 Å². The lowest BCUT2D eigenvalue weighted by Crippen LogP contribution is -2.59. The number of hydrogen-bond donors (Lipinski definition) is 1. The first-order valence-electron chi connectivity index (χ1n) is 10.1. The van der Waals surface area contributed by atoms with Crippen molar-refractivity contribution in [3.8, 4) is 5.75 Å². The molecule has 4 heteroatoms. The second kappa shape index (κ2) is 7.91. The third-order valence-electron chi connectivity index (χ3n) is 5.93. The van der Waals surface area contributed by atoms with Gasteiger partial charge in [0.15, 0.2) is 0 Å². The molecule has 2 aromatic carbocycles. The van der Waals surface area contributed by atoms with Gasteiger partial charge >= 0.3 is 0 Å². The van der Waals surface area contributed by atoms with Crippen LogP contribution in [-0.2, 0) is 11.2 Å². The van der Waals surface area contributed by atoms with E-state index in [4.69, 9.17) is 4.74 Å². The molecule has 1 spiro atoms. The highest BCUT2D eigenvalue weighted by molar-refractivity contribution is 5.51. The molecule has 144 valence electrons. The number of hydrogen-bond acceptors (Lipinski definition) is 4. The van der Waals surface area contributed by atoms with Gasteiger partial charge in [0.05, 0.1) is 11.7 Å². The van der Waals surface area contributed by atoms with Crippen LogP contribution in [-0.4, -0.2) is 54.4 Å². The fourth-order valence-electron chi connectivity index (χ4n) is 4.50. The lowest BCUT2D eigenvalue weighted by Gasteiger charge is -2.50. The number of anilines is 1. The van der Waals surface area contributed by atoms with E-state index in [9.17, 15) is 5.11 Å². The number of likely N-dealkylation sites (tertiary alicyclic amines) is 1. The van der Waals surface area contributed by atoms with E-state index in [1.54, 1.807) is 6.07 Å². The van der Waals surface area contributed by atoms with E-state index in [0.29, 0.717) is 5.75 Å². The average Bonchev–Trinajstić information content (AvgIpc) is 2.68. The maximum Gasteiger partial charge on any atom is 0.117 e. The van der Waals surface area contributed by atoms with Gasteiger partial charge in [-0.3, -0.25) is 0 Å². The molecule has 1 atom stereocenters. The topological polar surface area (TPSA) is 35.9 Å². The average molecular weight is 367 g/mol. The molecule has 0 aliphatic carbocycles. The lowest BCUT2D eigenvalue weighted by atomic mass is 9.88. The van der Waals surface area contributed by atoms with Gasteiger partial charge in [0, 0.05) is 44.5 Å². The van der Waals surface area contributed by atoms with Crippen molar-refractivity contribution in [2.75, 3.05) is 37.6 Å². The Morgan fingerprint density at radius 2 is 1.85 bits per heavy atom. The Kier molecular flexibility index (Phi) is 5.37. The second-order valence-corrected chi connectivity index (χ2v) is 8.09. The zero-order valence-electron chi connectivity index (χ0n) is 16.2. The van der Waals surface area contributed by atoms with E-state index in [1.807, 2.05) is 12.1 Å². The number of piperidine rings is 1. The molecule has 2 saturated heterocycles. The number of phenolic OH excluding ortho intramolecular Hbond substituents is 1. The summed E-state index contributed by atoms with van der Waals surface area (Å²) < 4.78 is 6.48. The summed E-state index contributed by atoms with van der Waals surface area (Å²) in [4.78, 5) is 4.95. The third kappa shape index (κ3) is 4.45. The molecule has 0 amide bonds. The molecule has 2 aliphatic heterocycles. The molecule has 1 N–H and O–H groups in total. The van der Waals surface area contributed by atoms with Crippen molar-refractivity contribution in [2.45, 2.75) is 37.9 Å². The molecule has 2 aliphatic rings. The normalized spacial score (nSPS) is 22.9. The summed E-state index contributed by atoms with van der Waals surface area (Å²) in [7, 11) is 0. The van der Waals surface area contributed by atoms with Gasteiger partial charge in [0.2, 0.25) is 0 Å². The molecule has 2 aromatic rings. The first-order valence-corrected chi connectivity index (χ1v) is 10.1. The molecule has 4 rings (SSSR count). The van der Waals surface area contributed by atoms with E-state index >= 15 is 0 Å². The van der Waals surface area contributed by atoms with Crippen LogP contribution in [0.4, 0.5) is 5.69 Å². The molecular formula is C23H30N2O2. The largest absolute Gasteiger partial charge is 0.508 e. The van der Waals surface area contributed by atoms with Crippen molar-refractivity contribution in [3.63, 3.8) is 0 Å². The fourth-order valence-corrected chi connectivity index (χ4v) is 4.50. The van der Waals surface area contributed by atoms with Gasteiger partial charge in [-0.25, -0.2) is 0 Å². The van der Waals surface area contributed by atoms with Crippen molar-refractivity contribution >= 4 is 5.69 Å². The number of morpholine rings is 1. The van der Waals surface area contributed by atoms with Crippen molar-refractivity contribution in [1.82, 2.24) is 4.90 Å². The number of phenols is 1. The quantitative estimate of drug-likeness (QED) is 0.895. The Hall–Kier alpha value is -2.04. The monoisotopic (exact) mass is 366 g/mol. The van der Waals surface area contributed by atoms with Gasteiger partial charge < -0.3 is 19.6 Å². The molecule has 0 bridgehead atoms. The summed E-state index contributed by atoms with van der Waals surface area (Å²) in [6, 6.07) is 18.3. The summed E-state index contributed by atoms with van der Waals surface area (Å²) in [5, 5.41) is 9.83. The van der Waals surface area contributed by atoms with Crippen molar-refractivity contribution in [1.29, 1.82) is 0 Å². The molecule has 0 saturated carbocycles. The number of aromatic hydroxyl groups is 1. The smallest absolute Gasteiger partial charge is 0.117 e. The van der Waals surface area contributed by atoms with Crippen LogP contribution in [0.1, 0.15) is 25.3 Å². The minimum absolute atomic E-state index is 0.0631. The van der Waals surface area contributed by atoms with Gasteiger partial charge in [-0.2, -0.15) is 0 Å². The fraction of sp³-hybridized carbons (Fsp3) is 0.478. The van der Waals surface area contributed by atoms with E-state index in [1.165, 1.54) is 5.56 Å². The summed E-state index contributed by atoms with van der Waals surface area (Å²) >= 11 is 0. The van der Waals surface area contributed by atoms with E-state index in [-0.39, 0.29) is 11.7 Å². The summed E-state index contributed by atoms with van der Waals surface area (Å²) in [5.41, 5.74) is 2.44. The highest BCUT2D eigenvalue weighted by atomic mass is 16.5. The molecule has 2 fully saturated rings. The Morgan fingerprint density at radius 3 is 2.59 bits per heavy atom. The van der Waals surface area contributed by atoms with E-state index in [2.05, 4.69) is 53.1 Å². The van der Waals surface area contributed by atoms with Crippen molar-refractivity contribution in [2.24, 2.45) is 0 Å². The zero-order chi connectivity index (χ0) is 18.7. The summed E-state index contributed by atoms with van der Waals surface area (Å²) in [6.07, 6.45) is 3.46. The zero-order valence-corrected chi connectivity index (χ0v) is 16.2. The number of benzene rings is 2. The standard InChI is InChI=1S/C23H30N2O2/c1-19-17-25(21-8-5-9-22(26)16-21)18-23(27-19)11-14-24(15-12-23)13-10-20-6-3-2-4-7-20/h2-9,16,19,26H,10-15,17-18H2,1H3. The first-order chi connectivity index (χ1) is 13.1. The molecule has 0 radical (unpaired) electrons.